The van der Waals surface area contributed by atoms with E-state index in [1.807, 2.05) is 0 Å². The molecule has 1 heterocycles. The number of rotatable bonds is 5. The van der Waals surface area contributed by atoms with Crippen LogP contribution in [0.3, 0.4) is 0 Å². The lowest BCUT2D eigenvalue weighted by molar-refractivity contribution is -0.154. The highest BCUT2D eigenvalue weighted by molar-refractivity contribution is 5.78. The third kappa shape index (κ3) is 3.69. The fraction of sp³-hybridized carbons (Fsp3) is 0.600. The number of halogens is 3. The maximum Gasteiger partial charge on any atom is 0.417 e. The molecule has 2 rings (SSSR count). The molecule has 1 aromatic rings. The van der Waals surface area contributed by atoms with Crippen LogP contribution in [0.15, 0.2) is 18.3 Å². The summed E-state index contributed by atoms with van der Waals surface area (Å²) >= 11 is 0. The first-order valence-electron chi connectivity index (χ1n) is 7.32. The number of carbonyl (C=O) groups is 1. The van der Waals surface area contributed by atoms with Crippen molar-refractivity contribution in [2.24, 2.45) is 5.41 Å². The van der Waals surface area contributed by atoms with E-state index in [4.69, 9.17) is 4.74 Å². The molecule has 1 N–H and O–H groups in total. The zero-order valence-corrected chi connectivity index (χ0v) is 12.4. The quantitative estimate of drug-likeness (QED) is 0.843. The average Bonchev–Trinajstić information content (AvgIpc) is 2.95. The van der Waals surface area contributed by atoms with Gasteiger partial charge in [0.2, 0.25) is 0 Å². The van der Waals surface area contributed by atoms with E-state index in [1.165, 1.54) is 6.07 Å². The van der Waals surface area contributed by atoms with E-state index < -0.39 is 17.2 Å². The first-order valence-corrected chi connectivity index (χ1v) is 7.32. The van der Waals surface area contributed by atoms with Crippen molar-refractivity contribution in [2.45, 2.75) is 38.8 Å². The molecule has 4 nitrogen and oxygen atoms in total. The molecule has 1 aliphatic carbocycles. The van der Waals surface area contributed by atoms with Gasteiger partial charge in [-0.15, -0.1) is 0 Å². The number of pyridine rings is 1. The Bertz CT molecular complexity index is 509. The van der Waals surface area contributed by atoms with E-state index in [0.29, 0.717) is 19.0 Å². The van der Waals surface area contributed by atoms with Crippen LogP contribution in [0.25, 0.3) is 0 Å². The highest BCUT2D eigenvalue weighted by atomic mass is 19.4. The molecule has 0 unspecified atom stereocenters. The van der Waals surface area contributed by atoms with Gasteiger partial charge in [0.15, 0.2) is 0 Å². The molecule has 1 aliphatic rings. The van der Waals surface area contributed by atoms with Crippen LogP contribution in [-0.4, -0.2) is 24.1 Å². The summed E-state index contributed by atoms with van der Waals surface area (Å²) in [6.07, 6.45) is -0.280. The number of anilines is 1. The van der Waals surface area contributed by atoms with Gasteiger partial charge in [0.1, 0.15) is 5.82 Å². The van der Waals surface area contributed by atoms with E-state index in [-0.39, 0.29) is 5.97 Å². The second kappa shape index (κ2) is 6.54. The van der Waals surface area contributed by atoms with Gasteiger partial charge < -0.3 is 10.1 Å². The number of nitrogens with zero attached hydrogens (tertiary/aromatic N) is 1. The van der Waals surface area contributed by atoms with Crippen molar-refractivity contribution in [1.82, 2.24) is 4.98 Å². The predicted octanol–water partition coefficient (Wildman–Crippen LogP) is 3.64. The van der Waals surface area contributed by atoms with Gasteiger partial charge in [-0.25, -0.2) is 4.98 Å². The Morgan fingerprint density at radius 3 is 2.55 bits per heavy atom. The van der Waals surface area contributed by atoms with Gasteiger partial charge in [-0.2, -0.15) is 13.2 Å². The molecule has 0 amide bonds. The zero-order valence-electron chi connectivity index (χ0n) is 12.4. The van der Waals surface area contributed by atoms with Gasteiger partial charge in [-0.05, 0) is 31.9 Å². The molecule has 0 spiro atoms. The van der Waals surface area contributed by atoms with Crippen molar-refractivity contribution < 1.29 is 22.7 Å². The van der Waals surface area contributed by atoms with Crippen LogP contribution in [0, 0.1) is 5.41 Å². The lowest BCUT2D eigenvalue weighted by Gasteiger charge is -2.26. The Hall–Kier alpha value is -1.79. The molecule has 0 aromatic carbocycles. The van der Waals surface area contributed by atoms with E-state index in [9.17, 15) is 18.0 Å². The third-order valence-electron chi connectivity index (χ3n) is 3.97. The van der Waals surface area contributed by atoms with Crippen LogP contribution >= 0.6 is 0 Å². The number of hydrogen-bond acceptors (Lipinski definition) is 4. The lowest BCUT2D eigenvalue weighted by atomic mass is 9.86. The summed E-state index contributed by atoms with van der Waals surface area (Å²) in [5.41, 5.74) is -1.39. The first kappa shape index (κ1) is 16.6. The Morgan fingerprint density at radius 2 is 2.05 bits per heavy atom. The number of aromatic nitrogens is 1. The minimum Gasteiger partial charge on any atom is -0.466 e. The summed E-state index contributed by atoms with van der Waals surface area (Å²) < 4.78 is 42.6. The Labute approximate surface area is 127 Å². The van der Waals surface area contributed by atoms with Crippen LogP contribution in [0.4, 0.5) is 19.0 Å². The van der Waals surface area contributed by atoms with Gasteiger partial charge in [0.05, 0.1) is 17.6 Å². The monoisotopic (exact) mass is 316 g/mol. The molecule has 122 valence electrons. The summed E-state index contributed by atoms with van der Waals surface area (Å²) in [4.78, 5) is 15.9. The Balaban J connectivity index is 2.02. The number of ether oxygens (including phenoxy) is 1. The molecule has 0 bridgehead atoms. The van der Waals surface area contributed by atoms with Crippen molar-refractivity contribution in [1.29, 1.82) is 0 Å². The lowest BCUT2D eigenvalue weighted by Crippen LogP contribution is -2.37. The molecular weight excluding hydrogens is 297 g/mol. The number of nitrogens with one attached hydrogen (secondary N) is 1. The van der Waals surface area contributed by atoms with Gasteiger partial charge in [0.25, 0.3) is 0 Å². The zero-order chi connectivity index (χ0) is 16.2. The van der Waals surface area contributed by atoms with Crippen molar-refractivity contribution in [2.75, 3.05) is 18.5 Å². The van der Waals surface area contributed by atoms with Crippen molar-refractivity contribution >= 4 is 11.8 Å². The third-order valence-corrected chi connectivity index (χ3v) is 3.97. The fourth-order valence-corrected chi connectivity index (χ4v) is 2.71. The van der Waals surface area contributed by atoms with Crippen molar-refractivity contribution in [3.8, 4) is 0 Å². The first-order chi connectivity index (χ1) is 10.4. The topological polar surface area (TPSA) is 51.2 Å². The van der Waals surface area contributed by atoms with E-state index in [1.54, 1.807) is 6.92 Å². The molecular formula is C15H19F3N2O2. The van der Waals surface area contributed by atoms with Crippen LogP contribution in [0.5, 0.6) is 0 Å². The van der Waals surface area contributed by atoms with Crippen LogP contribution in [-0.2, 0) is 15.7 Å². The molecule has 1 saturated carbocycles. The molecule has 1 fully saturated rings. The van der Waals surface area contributed by atoms with Gasteiger partial charge in [-0.1, -0.05) is 12.8 Å². The fourth-order valence-electron chi connectivity index (χ4n) is 2.71. The number of alkyl halides is 3. The largest absolute Gasteiger partial charge is 0.466 e. The Morgan fingerprint density at radius 1 is 1.36 bits per heavy atom. The summed E-state index contributed by atoms with van der Waals surface area (Å²) in [6.45, 7) is 2.40. The van der Waals surface area contributed by atoms with Gasteiger partial charge >= 0.3 is 12.1 Å². The number of carbonyl (C=O) groups excluding carboxylic acids is 1. The van der Waals surface area contributed by atoms with Crippen LogP contribution in [0.2, 0.25) is 0 Å². The molecule has 0 atom stereocenters. The molecule has 0 aliphatic heterocycles. The summed E-state index contributed by atoms with van der Waals surface area (Å²) in [7, 11) is 0. The smallest absolute Gasteiger partial charge is 0.417 e. The maximum atomic E-state index is 12.5. The van der Waals surface area contributed by atoms with Crippen molar-refractivity contribution in [3.05, 3.63) is 23.9 Å². The molecule has 0 radical (unpaired) electrons. The second-order valence-electron chi connectivity index (χ2n) is 5.49. The normalized spacial score (nSPS) is 17.3. The standard InChI is InChI=1S/C15H19F3N2O2/c1-2-22-13(21)14(7-3-4-8-14)10-20-12-6-5-11(9-19-12)15(16,17)18/h5-6,9H,2-4,7-8,10H2,1H3,(H,19,20). The number of hydrogen-bond donors (Lipinski definition) is 1. The van der Waals surface area contributed by atoms with Gasteiger partial charge in [0, 0.05) is 12.7 Å². The Kier molecular flexibility index (Phi) is 4.93. The minimum absolute atomic E-state index is 0.244. The van der Waals surface area contributed by atoms with E-state index in [0.717, 1.165) is 37.9 Å². The SMILES string of the molecule is CCOC(=O)C1(CNc2ccc(C(F)(F)F)cn2)CCCC1. The summed E-state index contributed by atoms with van der Waals surface area (Å²) in [6, 6.07) is 2.25. The molecule has 22 heavy (non-hydrogen) atoms. The van der Waals surface area contributed by atoms with E-state index >= 15 is 0 Å². The summed E-state index contributed by atoms with van der Waals surface area (Å²) in [5, 5.41) is 2.97. The maximum absolute atomic E-state index is 12.5. The van der Waals surface area contributed by atoms with Gasteiger partial charge in [-0.3, -0.25) is 4.79 Å². The molecule has 7 heteroatoms. The van der Waals surface area contributed by atoms with E-state index in [2.05, 4.69) is 10.3 Å². The molecule has 0 saturated heterocycles. The molecule has 1 aromatic heterocycles. The predicted molar refractivity (Wildman–Crippen MR) is 75.3 cm³/mol. The van der Waals surface area contributed by atoms with Crippen LogP contribution in [0.1, 0.15) is 38.2 Å². The summed E-state index contributed by atoms with van der Waals surface area (Å²) in [5.74, 6) is 0.0792. The van der Waals surface area contributed by atoms with Crippen LogP contribution < -0.4 is 5.32 Å². The highest BCUT2D eigenvalue weighted by Crippen LogP contribution is 2.39. The highest BCUT2D eigenvalue weighted by Gasteiger charge is 2.42. The second-order valence-corrected chi connectivity index (χ2v) is 5.49. The average molecular weight is 316 g/mol. The minimum atomic E-state index is -4.40. The number of esters is 1. The van der Waals surface area contributed by atoms with Crippen molar-refractivity contribution in [3.63, 3.8) is 0 Å².